The summed E-state index contributed by atoms with van der Waals surface area (Å²) in [5.74, 6) is -2.91. The molecule has 6 rings (SSSR count). The highest BCUT2D eigenvalue weighted by molar-refractivity contribution is 6.04. The van der Waals surface area contributed by atoms with E-state index in [9.17, 15) is 18.4 Å². The molecule has 9 heteroatoms. The Bertz CT molecular complexity index is 1520. The minimum atomic E-state index is -2.60. The van der Waals surface area contributed by atoms with Crippen LogP contribution in [0.5, 0.6) is 0 Å². The molecule has 0 radical (unpaired) electrons. The standard InChI is InChI=1S/C25H21F2N5O2/c26-25(27)9-14-11-32(12-15(14)10-25)24-16(7-13-3-1-2-4-17(13)31-24)19-8-20(33)21-18(30-19)5-6-29-22(21)23(28)34/h1-8,14-15H,9-12H2,(H2,28,34)(H,30,33)/t14-,15?/m0/s1. The van der Waals surface area contributed by atoms with E-state index in [1.54, 1.807) is 6.07 Å². The first-order chi connectivity index (χ1) is 16.3. The number of benzene rings is 1. The van der Waals surface area contributed by atoms with Gasteiger partial charge in [-0.25, -0.2) is 13.8 Å². The van der Waals surface area contributed by atoms with Crippen molar-refractivity contribution in [1.29, 1.82) is 0 Å². The second-order valence-corrected chi connectivity index (χ2v) is 9.24. The van der Waals surface area contributed by atoms with E-state index >= 15 is 0 Å². The third-order valence-corrected chi connectivity index (χ3v) is 6.97. The molecule has 4 aromatic rings. The fourth-order valence-electron chi connectivity index (χ4n) is 5.50. The highest BCUT2D eigenvalue weighted by Gasteiger charge is 2.50. The number of fused-ring (bicyclic) bond motifs is 3. The average Bonchev–Trinajstić information content (AvgIpc) is 3.31. The number of hydrogen-bond donors (Lipinski definition) is 2. The lowest BCUT2D eigenvalue weighted by Crippen LogP contribution is -2.26. The van der Waals surface area contributed by atoms with Crippen molar-refractivity contribution in [3.05, 3.63) is 64.6 Å². The summed E-state index contributed by atoms with van der Waals surface area (Å²) in [5.41, 5.74) is 7.37. The van der Waals surface area contributed by atoms with Gasteiger partial charge in [-0.3, -0.25) is 14.6 Å². The van der Waals surface area contributed by atoms with Crippen molar-refractivity contribution < 1.29 is 13.6 Å². The Labute approximate surface area is 192 Å². The van der Waals surface area contributed by atoms with E-state index in [-0.39, 0.29) is 41.2 Å². The number of carbonyl (C=O) groups excluding carboxylic acids is 1. The number of amides is 1. The average molecular weight is 461 g/mol. The van der Waals surface area contributed by atoms with E-state index < -0.39 is 11.8 Å². The van der Waals surface area contributed by atoms with Crippen molar-refractivity contribution >= 4 is 33.5 Å². The zero-order chi connectivity index (χ0) is 23.6. The second-order valence-electron chi connectivity index (χ2n) is 9.24. The quantitative estimate of drug-likeness (QED) is 0.484. The minimum Gasteiger partial charge on any atom is -0.364 e. The van der Waals surface area contributed by atoms with Gasteiger partial charge in [-0.2, -0.15) is 0 Å². The summed E-state index contributed by atoms with van der Waals surface area (Å²) in [6.07, 6.45) is 1.21. The molecule has 1 aliphatic heterocycles. The van der Waals surface area contributed by atoms with Gasteiger partial charge in [0.1, 0.15) is 11.5 Å². The summed E-state index contributed by atoms with van der Waals surface area (Å²) >= 11 is 0. The number of primary amides is 1. The molecule has 3 aromatic heterocycles. The van der Waals surface area contributed by atoms with Crippen molar-refractivity contribution in [3.63, 3.8) is 0 Å². The van der Waals surface area contributed by atoms with Crippen LogP contribution in [0.25, 0.3) is 33.1 Å². The van der Waals surface area contributed by atoms with E-state index in [0.717, 1.165) is 10.9 Å². The molecule has 1 unspecified atom stereocenters. The van der Waals surface area contributed by atoms with Crippen LogP contribution in [0.4, 0.5) is 14.6 Å². The number of halogens is 2. The molecule has 7 nitrogen and oxygen atoms in total. The molecule has 0 bridgehead atoms. The summed E-state index contributed by atoms with van der Waals surface area (Å²) in [5, 5.41) is 1.02. The highest BCUT2D eigenvalue weighted by atomic mass is 19.3. The number of H-pyrrole nitrogens is 1. The van der Waals surface area contributed by atoms with E-state index in [4.69, 9.17) is 10.7 Å². The van der Waals surface area contributed by atoms with Crippen LogP contribution in [0.2, 0.25) is 0 Å². The predicted octanol–water partition coefficient (Wildman–Crippen LogP) is 3.72. The molecular formula is C25H21F2N5O2. The lowest BCUT2D eigenvalue weighted by atomic mass is 10.0. The van der Waals surface area contributed by atoms with Crippen LogP contribution in [-0.4, -0.2) is 39.9 Å². The molecule has 4 heterocycles. The molecule has 2 fully saturated rings. The Hall–Kier alpha value is -3.88. The summed E-state index contributed by atoms with van der Waals surface area (Å²) in [6, 6.07) is 12.6. The Morgan fingerprint density at radius 1 is 1.12 bits per heavy atom. The maximum Gasteiger partial charge on any atom is 0.268 e. The second kappa shape index (κ2) is 7.31. The van der Waals surface area contributed by atoms with Gasteiger partial charge in [-0.1, -0.05) is 18.2 Å². The van der Waals surface area contributed by atoms with E-state index in [1.807, 2.05) is 30.3 Å². The molecule has 0 spiro atoms. The van der Waals surface area contributed by atoms with E-state index in [2.05, 4.69) is 14.9 Å². The summed E-state index contributed by atoms with van der Waals surface area (Å²) in [7, 11) is 0. The minimum absolute atomic E-state index is 0.0871. The summed E-state index contributed by atoms with van der Waals surface area (Å²) in [6.45, 7) is 0.984. The molecule has 1 aromatic carbocycles. The van der Waals surface area contributed by atoms with Crippen molar-refractivity contribution in [1.82, 2.24) is 15.0 Å². The maximum absolute atomic E-state index is 13.9. The number of para-hydroxylation sites is 1. The van der Waals surface area contributed by atoms with Crippen molar-refractivity contribution in [2.75, 3.05) is 18.0 Å². The largest absolute Gasteiger partial charge is 0.364 e. The predicted molar refractivity (Wildman–Crippen MR) is 125 cm³/mol. The number of aromatic amines is 1. The third kappa shape index (κ3) is 3.30. The molecule has 1 saturated carbocycles. The van der Waals surface area contributed by atoms with Gasteiger partial charge in [-0.05, 0) is 30.0 Å². The molecule has 1 amide bonds. The van der Waals surface area contributed by atoms with Crippen molar-refractivity contribution in [2.45, 2.75) is 18.8 Å². The van der Waals surface area contributed by atoms with Gasteiger partial charge in [-0.15, -0.1) is 0 Å². The first kappa shape index (κ1) is 20.7. The Morgan fingerprint density at radius 2 is 1.85 bits per heavy atom. The molecule has 1 saturated heterocycles. The Morgan fingerprint density at radius 3 is 2.59 bits per heavy atom. The van der Waals surface area contributed by atoms with Crippen LogP contribution in [-0.2, 0) is 0 Å². The van der Waals surface area contributed by atoms with Crippen LogP contribution in [0.1, 0.15) is 23.3 Å². The molecule has 34 heavy (non-hydrogen) atoms. The summed E-state index contributed by atoms with van der Waals surface area (Å²) in [4.78, 5) is 38.9. The van der Waals surface area contributed by atoms with Gasteiger partial charge in [0.2, 0.25) is 5.92 Å². The number of nitrogens with two attached hydrogens (primary N) is 1. The van der Waals surface area contributed by atoms with Crippen molar-refractivity contribution in [2.24, 2.45) is 17.6 Å². The molecule has 2 aliphatic rings. The lowest BCUT2D eigenvalue weighted by Gasteiger charge is -2.23. The van der Waals surface area contributed by atoms with Crippen LogP contribution in [0.15, 0.2) is 53.5 Å². The first-order valence-corrected chi connectivity index (χ1v) is 11.1. The number of carbonyl (C=O) groups is 1. The number of rotatable bonds is 3. The molecular weight excluding hydrogens is 440 g/mol. The number of pyridine rings is 3. The number of alkyl halides is 2. The van der Waals surface area contributed by atoms with Gasteiger partial charge in [0.05, 0.1) is 22.1 Å². The first-order valence-electron chi connectivity index (χ1n) is 11.1. The number of nitrogens with one attached hydrogen (secondary N) is 1. The van der Waals surface area contributed by atoms with Gasteiger partial charge >= 0.3 is 0 Å². The number of nitrogens with zero attached hydrogens (tertiary/aromatic N) is 3. The number of aromatic nitrogens is 3. The van der Waals surface area contributed by atoms with Crippen LogP contribution < -0.4 is 16.1 Å². The van der Waals surface area contributed by atoms with Crippen LogP contribution >= 0.6 is 0 Å². The fraction of sp³-hybridized carbons (Fsp3) is 0.280. The lowest BCUT2D eigenvalue weighted by molar-refractivity contribution is 0.00172. The molecule has 172 valence electrons. The smallest absolute Gasteiger partial charge is 0.268 e. The monoisotopic (exact) mass is 461 g/mol. The topological polar surface area (TPSA) is 105 Å². The van der Waals surface area contributed by atoms with Crippen molar-refractivity contribution in [3.8, 4) is 11.3 Å². The van der Waals surface area contributed by atoms with Crippen LogP contribution in [0.3, 0.4) is 0 Å². The van der Waals surface area contributed by atoms with Gasteiger partial charge in [0, 0.05) is 49.1 Å². The fourth-order valence-corrected chi connectivity index (χ4v) is 5.50. The van der Waals surface area contributed by atoms with Gasteiger partial charge in [0.15, 0.2) is 5.43 Å². The molecule has 2 atom stereocenters. The zero-order valence-electron chi connectivity index (χ0n) is 18.1. The van der Waals surface area contributed by atoms with Gasteiger partial charge < -0.3 is 15.6 Å². The molecule has 1 aliphatic carbocycles. The Balaban J connectivity index is 1.52. The van der Waals surface area contributed by atoms with E-state index in [0.29, 0.717) is 35.7 Å². The SMILES string of the molecule is NC(=O)c1nccc2[nH]c(-c3cc4ccccc4nc3N3CC4CC(F)(F)C[C@H]4C3)cc(=O)c12. The van der Waals surface area contributed by atoms with E-state index in [1.165, 1.54) is 12.3 Å². The highest BCUT2D eigenvalue weighted by Crippen LogP contribution is 2.48. The third-order valence-electron chi connectivity index (χ3n) is 6.97. The number of anilines is 1. The normalized spacial score (nSPS) is 21.3. The maximum atomic E-state index is 13.9. The number of hydrogen-bond acceptors (Lipinski definition) is 5. The van der Waals surface area contributed by atoms with Crippen LogP contribution in [0, 0.1) is 11.8 Å². The summed E-state index contributed by atoms with van der Waals surface area (Å²) < 4.78 is 27.8. The van der Waals surface area contributed by atoms with Gasteiger partial charge in [0.25, 0.3) is 5.91 Å². The molecule has 3 N–H and O–H groups in total. The Kier molecular flexibility index (Phi) is 4.45. The zero-order valence-corrected chi connectivity index (χ0v) is 18.1.